The van der Waals surface area contributed by atoms with E-state index in [0.29, 0.717) is 35.4 Å². The molecule has 1 N–H and O–H groups in total. The average molecular weight is 450 g/mol. The average Bonchev–Trinajstić information content (AvgIpc) is 2.84. The third-order valence-electron chi connectivity index (χ3n) is 5.94. The number of likely N-dealkylation sites (N-methyl/N-ethyl adjacent to an activating group) is 1. The Bertz CT molecular complexity index is 1150. The fourth-order valence-corrected chi connectivity index (χ4v) is 4.04. The summed E-state index contributed by atoms with van der Waals surface area (Å²) in [4.78, 5) is 30.9. The predicted molar refractivity (Wildman–Crippen MR) is 129 cm³/mol. The van der Waals surface area contributed by atoms with Gasteiger partial charge in [0, 0.05) is 38.1 Å². The molecule has 1 saturated heterocycles. The number of hydrogen-bond acceptors (Lipinski definition) is 6. The minimum absolute atomic E-state index is 0.249. The molecule has 2 heterocycles. The Labute approximate surface area is 193 Å². The monoisotopic (exact) mass is 449 g/mol. The molecule has 4 rings (SSSR count). The van der Waals surface area contributed by atoms with Crippen LogP contribution in [-0.4, -0.2) is 78.4 Å². The molecule has 0 spiro atoms. The summed E-state index contributed by atoms with van der Waals surface area (Å²) >= 11 is 0. The smallest absolute Gasteiger partial charge is 0.279 e. The first-order valence-corrected chi connectivity index (χ1v) is 11.5. The Morgan fingerprint density at radius 3 is 2.42 bits per heavy atom. The van der Waals surface area contributed by atoms with Gasteiger partial charge < -0.3 is 19.9 Å². The summed E-state index contributed by atoms with van der Waals surface area (Å²) in [5.74, 6) is 0.442. The number of amides is 1. The summed E-state index contributed by atoms with van der Waals surface area (Å²) in [6.45, 7) is 8.27. The van der Waals surface area contributed by atoms with Gasteiger partial charge in [0.2, 0.25) is 0 Å². The second kappa shape index (κ2) is 10.6. The lowest BCUT2D eigenvalue weighted by molar-refractivity contribution is 0.0944. The van der Waals surface area contributed by atoms with Crippen LogP contribution in [0.4, 0.5) is 0 Å². The fourth-order valence-electron chi connectivity index (χ4n) is 4.04. The SMILES string of the molecule is CCOc1ccc(-n2nc(C(=O)NCCCN3CCN(C)CC3)c3ccccc3c2=O)cc1. The van der Waals surface area contributed by atoms with Crippen LogP contribution in [0, 0.1) is 0 Å². The zero-order valence-electron chi connectivity index (χ0n) is 19.3. The van der Waals surface area contributed by atoms with Gasteiger partial charge in [-0.05, 0) is 57.3 Å². The summed E-state index contributed by atoms with van der Waals surface area (Å²) in [5.41, 5.74) is 0.568. The van der Waals surface area contributed by atoms with E-state index in [9.17, 15) is 9.59 Å². The van der Waals surface area contributed by atoms with Crippen molar-refractivity contribution in [2.45, 2.75) is 13.3 Å². The lowest BCUT2D eigenvalue weighted by Crippen LogP contribution is -2.45. The van der Waals surface area contributed by atoms with Gasteiger partial charge in [-0.1, -0.05) is 18.2 Å². The predicted octanol–water partition coefficient (Wildman–Crippen LogP) is 2.15. The van der Waals surface area contributed by atoms with E-state index in [2.05, 4.69) is 27.3 Å². The normalized spacial score (nSPS) is 15.0. The maximum absolute atomic E-state index is 13.1. The number of hydrogen-bond donors (Lipinski definition) is 1. The van der Waals surface area contributed by atoms with Crippen molar-refractivity contribution in [3.63, 3.8) is 0 Å². The molecular formula is C25H31N5O3. The van der Waals surface area contributed by atoms with Crippen LogP contribution in [0.3, 0.4) is 0 Å². The van der Waals surface area contributed by atoms with Crippen molar-refractivity contribution >= 4 is 16.7 Å². The first-order valence-electron chi connectivity index (χ1n) is 11.5. The summed E-state index contributed by atoms with van der Waals surface area (Å²) in [7, 11) is 2.14. The van der Waals surface area contributed by atoms with Crippen molar-refractivity contribution in [3.05, 3.63) is 64.6 Å². The van der Waals surface area contributed by atoms with Gasteiger partial charge in [0.25, 0.3) is 11.5 Å². The number of rotatable bonds is 8. The van der Waals surface area contributed by atoms with Gasteiger partial charge in [0.05, 0.1) is 17.7 Å². The number of aromatic nitrogens is 2. The van der Waals surface area contributed by atoms with E-state index in [1.165, 1.54) is 4.68 Å². The minimum Gasteiger partial charge on any atom is -0.494 e. The molecule has 8 heteroatoms. The summed E-state index contributed by atoms with van der Waals surface area (Å²) in [6.07, 6.45) is 0.867. The van der Waals surface area contributed by atoms with Crippen molar-refractivity contribution in [1.29, 1.82) is 0 Å². The van der Waals surface area contributed by atoms with Crippen LogP contribution >= 0.6 is 0 Å². The van der Waals surface area contributed by atoms with Crippen molar-refractivity contribution in [2.24, 2.45) is 0 Å². The Morgan fingerprint density at radius 2 is 1.73 bits per heavy atom. The van der Waals surface area contributed by atoms with Crippen LogP contribution in [0.1, 0.15) is 23.8 Å². The molecule has 0 saturated carbocycles. The third-order valence-corrected chi connectivity index (χ3v) is 5.94. The van der Waals surface area contributed by atoms with Crippen molar-refractivity contribution in [1.82, 2.24) is 24.9 Å². The number of nitrogens with zero attached hydrogens (tertiary/aromatic N) is 4. The van der Waals surface area contributed by atoms with E-state index < -0.39 is 0 Å². The van der Waals surface area contributed by atoms with E-state index >= 15 is 0 Å². The Kier molecular flexibility index (Phi) is 7.36. The van der Waals surface area contributed by atoms with Crippen molar-refractivity contribution < 1.29 is 9.53 Å². The highest BCUT2D eigenvalue weighted by atomic mass is 16.5. The maximum atomic E-state index is 13.1. The molecule has 0 radical (unpaired) electrons. The first kappa shape index (κ1) is 22.9. The zero-order chi connectivity index (χ0) is 23.2. The van der Waals surface area contributed by atoms with Crippen LogP contribution in [0.5, 0.6) is 5.75 Å². The van der Waals surface area contributed by atoms with Crippen LogP contribution in [0.15, 0.2) is 53.3 Å². The highest BCUT2D eigenvalue weighted by Gasteiger charge is 2.18. The maximum Gasteiger partial charge on any atom is 0.279 e. The number of nitrogens with one attached hydrogen (secondary N) is 1. The number of benzene rings is 2. The summed E-state index contributed by atoms with van der Waals surface area (Å²) < 4.78 is 6.77. The molecule has 8 nitrogen and oxygen atoms in total. The third kappa shape index (κ3) is 5.40. The molecule has 3 aromatic rings. The molecule has 1 amide bonds. The van der Waals surface area contributed by atoms with Gasteiger partial charge in [-0.15, -0.1) is 0 Å². The lowest BCUT2D eigenvalue weighted by Gasteiger charge is -2.32. The van der Waals surface area contributed by atoms with Crippen molar-refractivity contribution in [3.8, 4) is 11.4 Å². The Morgan fingerprint density at radius 1 is 1.03 bits per heavy atom. The van der Waals surface area contributed by atoms with E-state index in [4.69, 9.17) is 4.74 Å². The van der Waals surface area contributed by atoms with Gasteiger partial charge in [-0.3, -0.25) is 9.59 Å². The highest BCUT2D eigenvalue weighted by molar-refractivity contribution is 6.04. The largest absolute Gasteiger partial charge is 0.494 e. The molecular weight excluding hydrogens is 418 g/mol. The van der Waals surface area contributed by atoms with E-state index in [0.717, 1.165) is 39.1 Å². The Hall–Kier alpha value is -3.23. The molecule has 1 aromatic heterocycles. The number of ether oxygens (including phenoxy) is 1. The Balaban J connectivity index is 1.52. The fraction of sp³-hybridized carbons (Fsp3) is 0.400. The van der Waals surface area contributed by atoms with E-state index in [1.54, 1.807) is 42.5 Å². The number of fused-ring (bicyclic) bond motifs is 1. The van der Waals surface area contributed by atoms with Gasteiger partial charge in [0.1, 0.15) is 5.75 Å². The molecule has 1 aliphatic heterocycles. The van der Waals surface area contributed by atoms with Gasteiger partial charge >= 0.3 is 0 Å². The van der Waals surface area contributed by atoms with Crippen LogP contribution < -0.4 is 15.6 Å². The molecule has 0 atom stereocenters. The molecule has 1 aliphatic rings. The molecule has 0 unspecified atom stereocenters. The first-order chi connectivity index (χ1) is 16.1. The minimum atomic E-state index is -0.274. The highest BCUT2D eigenvalue weighted by Crippen LogP contribution is 2.17. The standard InChI is InChI=1S/C25H31N5O3/c1-3-33-20-11-9-19(10-12-20)30-25(32)22-8-5-4-7-21(22)23(27-30)24(31)26-13-6-14-29-17-15-28(2)16-18-29/h4-5,7-12H,3,6,13-18H2,1-2H3,(H,26,31). The zero-order valence-corrected chi connectivity index (χ0v) is 19.3. The molecule has 0 bridgehead atoms. The van der Waals surface area contributed by atoms with Gasteiger partial charge in [0.15, 0.2) is 5.69 Å². The molecule has 174 valence electrons. The van der Waals surface area contributed by atoms with Gasteiger partial charge in [-0.2, -0.15) is 9.78 Å². The summed E-state index contributed by atoms with van der Waals surface area (Å²) in [5, 5.41) is 8.47. The molecule has 2 aromatic carbocycles. The van der Waals surface area contributed by atoms with Crippen LogP contribution in [-0.2, 0) is 0 Å². The van der Waals surface area contributed by atoms with Crippen molar-refractivity contribution in [2.75, 3.05) is 52.9 Å². The quantitative estimate of drug-likeness (QED) is 0.531. The lowest BCUT2D eigenvalue weighted by atomic mass is 10.1. The number of carbonyl (C=O) groups is 1. The number of piperazine rings is 1. The molecule has 0 aliphatic carbocycles. The second-order valence-corrected chi connectivity index (χ2v) is 8.29. The van der Waals surface area contributed by atoms with Crippen LogP contribution in [0.2, 0.25) is 0 Å². The summed E-state index contributed by atoms with van der Waals surface area (Å²) in [6, 6.07) is 14.2. The second-order valence-electron chi connectivity index (χ2n) is 8.29. The van der Waals surface area contributed by atoms with Gasteiger partial charge in [-0.25, -0.2) is 0 Å². The van der Waals surface area contributed by atoms with E-state index in [-0.39, 0.29) is 17.2 Å². The molecule has 1 fully saturated rings. The number of carbonyl (C=O) groups excluding carboxylic acids is 1. The molecule has 33 heavy (non-hydrogen) atoms. The van der Waals surface area contributed by atoms with Crippen LogP contribution in [0.25, 0.3) is 16.5 Å². The van der Waals surface area contributed by atoms with E-state index in [1.807, 2.05) is 13.0 Å². The topological polar surface area (TPSA) is 79.7 Å².